The molecule has 78 valence electrons. The van der Waals surface area contributed by atoms with Gasteiger partial charge in [-0.1, -0.05) is 13.8 Å². The maximum atomic E-state index is 11.8. The monoisotopic (exact) mass is 196 g/mol. The summed E-state index contributed by atoms with van der Waals surface area (Å²) >= 11 is 0. The van der Waals surface area contributed by atoms with E-state index >= 15 is 0 Å². The van der Waals surface area contributed by atoms with Crippen LogP contribution in [0.4, 0.5) is 0 Å². The van der Waals surface area contributed by atoms with E-state index in [1.807, 2.05) is 13.8 Å². The molecule has 1 unspecified atom stereocenters. The van der Waals surface area contributed by atoms with Crippen LogP contribution in [0, 0.1) is 5.92 Å². The van der Waals surface area contributed by atoms with Crippen LogP contribution >= 0.6 is 0 Å². The molecule has 1 heterocycles. The third-order valence-corrected chi connectivity index (χ3v) is 2.08. The number of aromatic nitrogens is 2. The van der Waals surface area contributed by atoms with Crippen molar-refractivity contribution in [1.82, 2.24) is 9.78 Å². The third kappa shape index (κ3) is 2.20. The molecule has 1 aromatic heterocycles. The average Bonchev–Trinajstić information content (AvgIpc) is 2.52. The van der Waals surface area contributed by atoms with Crippen LogP contribution in [0.1, 0.15) is 24.3 Å². The molecule has 14 heavy (non-hydrogen) atoms. The van der Waals surface area contributed by atoms with E-state index in [0.29, 0.717) is 5.69 Å². The van der Waals surface area contributed by atoms with Crippen molar-refractivity contribution in [3.05, 3.63) is 18.0 Å². The van der Waals surface area contributed by atoms with Crippen molar-refractivity contribution in [2.75, 3.05) is 7.11 Å². The van der Waals surface area contributed by atoms with Crippen molar-refractivity contribution in [2.45, 2.75) is 20.0 Å². The molecule has 0 saturated heterocycles. The van der Waals surface area contributed by atoms with E-state index in [4.69, 9.17) is 4.74 Å². The molecule has 4 nitrogen and oxygen atoms in total. The number of hydrogen-bond acceptors (Lipinski definition) is 3. The highest BCUT2D eigenvalue weighted by Gasteiger charge is 2.24. The van der Waals surface area contributed by atoms with Gasteiger partial charge in [0.15, 0.2) is 0 Å². The van der Waals surface area contributed by atoms with Gasteiger partial charge in [0.2, 0.25) is 5.78 Å². The average molecular weight is 196 g/mol. The molecule has 0 amide bonds. The molecule has 0 aliphatic rings. The first-order valence-electron chi connectivity index (χ1n) is 4.63. The van der Waals surface area contributed by atoms with E-state index in [-0.39, 0.29) is 11.7 Å². The summed E-state index contributed by atoms with van der Waals surface area (Å²) in [6, 6.07) is 1.71. The molecule has 0 bridgehead atoms. The van der Waals surface area contributed by atoms with Crippen molar-refractivity contribution in [3.63, 3.8) is 0 Å². The summed E-state index contributed by atoms with van der Waals surface area (Å²) in [5.41, 5.74) is 0.466. The van der Waals surface area contributed by atoms with Crippen LogP contribution in [0.5, 0.6) is 0 Å². The lowest BCUT2D eigenvalue weighted by atomic mass is 10.0. The number of ether oxygens (including phenoxy) is 1. The summed E-state index contributed by atoms with van der Waals surface area (Å²) in [5, 5.41) is 4.05. The highest BCUT2D eigenvalue weighted by Crippen LogP contribution is 2.11. The van der Waals surface area contributed by atoms with Crippen molar-refractivity contribution in [2.24, 2.45) is 13.0 Å². The lowest BCUT2D eigenvalue weighted by molar-refractivity contribution is 0.0453. The highest BCUT2D eigenvalue weighted by atomic mass is 16.5. The zero-order chi connectivity index (χ0) is 10.7. The minimum atomic E-state index is -0.398. The van der Waals surface area contributed by atoms with E-state index < -0.39 is 6.10 Å². The Labute approximate surface area is 83.9 Å². The topological polar surface area (TPSA) is 44.1 Å². The molecule has 0 fully saturated rings. The van der Waals surface area contributed by atoms with Crippen LogP contribution in [-0.2, 0) is 11.8 Å². The number of aryl methyl sites for hydroxylation is 1. The second-order valence-corrected chi connectivity index (χ2v) is 3.64. The fourth-order valence-corrected chi connectivity index (χ4v) is 1.37. The van der Waals surface area contributed by atoms with Gasteiger partial charge in [0.1, 0.15) is 11.8 Å². The van der Waals surface area contributed by atoms with Crippen LogP contribution in [0.25, 0.3) is 0 Å². The first kappa shape index (κ1) is 10.9. The fraction of sp³-hybridized carbons (Fsp3) is 0.600. The van der Waals surface area contributed by atoms with Gasteiger partial charge >= 0.3 is 0 Å². The number of nitrogens with zero attached hydrogens (tertiary/aromatic N) is 2. The Bertz CT molecular complexity index is 318. The van der Waals surface area contributed by atoms with Crippen LogP contribution in [-0.4, -0.2) is 28.8 Å². The molecule has 0 saturated carbocycles. The molecule has 1 atom stereocenters. The molecular formula is C10H16N2O2. The van der Waals surface area contributed by atoms with Gasteiger partial charge < -0.3 is 4.74 Å². The molecule has 0 spiro atoms. The van der Waals surface area contributed by atoms with Gasteiger partial charge in [-0.3, -0.25) is 9.48 Å². The van der Waals surface area contributed by atoms with E-state index in [0.717, 1.165) is 0 Å². The van der Waals surface area contributed by atoms with Gasteiger partial charge in [-0.15, -0.1) is 0 Å². The maximum Gasteiger partial charge on any atom is 0.211 e. The van der Waals surface area contributed by atoms with E-state index in [2.05, 4.69) is 5.10 Å². The Morgan fingerprint density at radius 1 is 1.57 bits per heavy atom. The van der Waals surface area contributed by atoms with Gasteiger partial charge in [0.05, 0.1) is 0 Å². The molecule has 1 rings (SSSR count). The highest BCUT2D eigenvalue weighted by molar-refractivity contribution is 5.97. The summed E-state index contributed by atoms with van der Waals surface area (Å²) in [4.78, 5) is 11.8. The number of rotatable bonds is 4. The summed E-state index contributed by atoms with van der Waals surface area (Å²) in [6.45, 7) is 3.91. The van der Waals surface area contributed by atoms with Gasteiger partial charge in [-0.2, -0.15) is 5.10 Å². The number of ketones is 1. The molecule has 0 radical (unpaired) electrons. The zero-order valence-corrected chi connectivity index (χ0v) is 9.02. The van der Waals surface area contributed by atoms with Gasteiger partial charge in [-0.25, -0.2) is 0 Å². The van der Waals surface area contributed by atoms with Crippen molar-refractivity contribution in [3.8, 4) is 0 Å². The van der Waals surface area contributed by atoms with E-state index in [9.17, 15) is 4.79 Å². The predicted octanol–water partition coefficient (Wildman–Crippen LogP) is 1.27. The van der Waals surface area contributed by atoms with Crippen LogP contribution in [0.3, 0.4) is 0 Å². The van der Waals surface area contributed by atoms with Gasteiger partial charge in [-0.05, 0) is 12.0 Å². The summed E-state index contributed by atoms with van der Waals surface area (Å²) in [7, 11) is 3.33. The first-order chi connectivity index (χ1) is 6.56. The number of hydrogen-bond donors (Lipinski definition) is 0. The number of carbonyl (C=O) groups is 1. The molecule has 0 aliphatic heterocycles. The lowest BCUT2D eigenvalue weighted by Crippen LogP contribution is -2.29. The zero-order valence-electron chi connectivity index (χ0n) is 9.02. The SMILES string of the molecule is COC(C(=O)c1ccn(C)n1)C(C)C. The number of Topliss-reactive ketones (excluding diaryl/α,β-unsaturated/α-hetero) is 1. The number of carbonyl (C=O) groups excluding carboxylic acids is 1. The quantitative estimate of drug-likeness (QED) is 0.681. The second-order valence-electron chi connectivity index (χ2n) is 3.64. The number of methoxy groups -OCH3 is 1. The summed E-state index contributed by atoms with van der Waals surface area (Å²) < 4.78 is 6.75. The molecule has 0 N–H and O–H groups in total. The summed E-state index contributed by atoms with van der Waals surface area (Å²) in [5.74, 6) is 0.109. The van der Waals surface area contributed by atoms with Crippen LogP contribution < -0.4 is 0 Å². The molecule has 4 heteroatoms. The second kappa shape index (κ2) is 4.37. The minimum Gasteiger partial charge on any atom is -0.373 e. The molecule has 1 aromatic rings. The van der Waals surface area contributed by atoms with Crippen LogP contribution in [0.15, 0.2) is 12.3 Å². The Hall–Kier alpha value is -1.16. The Morgan fingerprint density at radius 3 is 2.57 bits per heavy atom. The lowest BCUT2D eigenvalue weighted by Gasteiger charge is -2.16. The van der Waals surface area contributed by atoms with E-state index in [1.54, 1.807) is 31.1 Å². The van der Waals surface area contributed by atoms with Crippen molar-refractivity contribution in [1.29, 1.82) is 0 Å². The Morgan fingerprint density at radius 2 is 2.21 bits per heavy atom. The van der Waals surface area contributed by atoms with E-state index in [1.165, 1.54) is 0 Å². The largest absolute Gasteiger partial charge is 0.373 e. The van der Waals surface area contributed by atoms with Crippen molar-refractivity contribution < 1.29 is 9.53 Å². The predicted molar refractivity (Wildman–Crippen MR) is 53.2 cm³/mol. The third-order valence-electron chi connectivity index (χ3n) is 2.08. The summed E-state index contributed by atoms with van der Waals surface area (Å²) in [6.07, 6.45) is 1.35. The smallest absolute Gasteiger partial charge is 0.211 e. The van der Waals surface area contributed by atoms with Gasteiger partial charge in [0, 0.05) is 20.4 Å². The Balaban J connectivity index is 2.83. The van der Waals surface area contributed by atoms with Crippen LogP contribution in [0.2, 0.25) is 0 Å². The fourth-order valence-electron chi connectivity index (χ4n) is 1.37. The Kier molecular flexibility index (Phi) is 3.41. The first-order valence-corrected chi connectivity index (χ1v) is 4.63. The maximum absolute atomic E-state index is 11.8. The molecule has 0 aliphatic carbocycles. The minimum absolute atomic E-state index is 0.0527. The normalized spacial score (nSPS) is 13.2. The molecule has 0 aromatic carbocycles. The molecular weight excluding hydrogens is 180 g/mol. The van der Waals surface area contributed by atoms with Gasteiger partial charge in [0.25, 0.3) is 0 Å². The standard InChI is InChI=1S/C10H16N2O2/c1-7(2)10(14-4)9(13)8-5-6-12(3)11-8/h5-7,10H,1-4H3. The van der Waals surface area contributed by atoms with Crippen molar-refractivity contribution >= 4 is 5.78 Å².